The third-order valence-electron chi connectivity index (χ3n) is 5.19. The summed E-state index contributed by atoms with van der Waals surface area (Å²) in [6.45, 7) is 2.76. The first-order valence-electron chi connectivity index (χ1n) is 8.97. The fraction of sp³-hybridized carbons (Fsp3) is 0.130. The molecule has 26 heavy (non-hydrogen) atoms. The third-order valence-corrected chi connectivity index (χ3v) is 5.19. The van der Waals surface area contributed by atoms with Crippen molar-refractivity contribution in [1.82, 2.24) is 0 Å². The Balaban J connectivity index is 1.91. The van der Waals surface area contributed by atoms with Gasteiger partial charge in [0.2, 0.25) is 11.5 Å². The zero-order valence-corrected chi connectivity index (χ0v) is 14.9. The molecule has 4 aromatic rings. The van der Waals surface area contributed by atoms with E-state index >= 15 is 0 Å². The number of benzene rings is 4. The number of rotatable bonds is 1. The monoisotopic (exact) mass is 342 g/mol. The number of hydrogen-bond acceptors (Lipinski definition) is 2. The summed E-state index contributed by atoms with van der Waals surface area (Å²) in [7, 11) is 1.96. The van der Waals surface area contributed by atoms with Crippen LogP contribution < -0.4 is 9.68 Å². The summed E-state index contributed by atoms with van der Waals surface area (Å²) in [6.07, 6.45) is 0. The fourth-order valence-corrected chi connectivity index (χ4v) is 3.64. The van der Waals surface area contributed by atoms with E-state index in [1.54, 1.807) is 0 Å². The lowest BCUT2D eigenvalue weighted by Gasteiger charge is -2.27. The molecular weight excluding hydrogens is 322 g/mol. The molecule has 0 saturated carbocycles. The molecule has 0 aliphatic carbocycles. The van der Waals surface area contributed by atoms with Crippen LogP contribution in [0.1, 0.15) is 6.92 Å². The molecular formula is C23H20NO2+. The molecule has 0 aromatic heterocycles. The minimum Gasteiger partial charge on any atom is -0.270 e. The maximum atomic E-state index is 6.45. The average Bonchev–Trinajstić information content (AvgIpc) is 2.82. The first kappa shape index (κ1) is 15.2. The topological polar surface area (TPSA) is 18.5 Å². The lowest BCUT2D eigenvalue weighted by Crippen LogP contribution is -2.49. The first-order chi connectivity index (χ1) is 12.7. The van der Waals surface area contributed by atoms with E-state index in [-0.39, 0.29) is 4.81 Å². The summed E-state index contributed by atoms with van der Waals surface area (Å²) in [4.78, 5) is 13.0. The second kappa shape index (κ2) is 5.48. The van der Waals surface area contributed by atoms with Crippen molar-refractivity contribution in [3.05, 3.63) is 72.8 Å². The van der Waals surface area contributed by atoms with Crippen LogP contribution in [0.5, 0.6) is 11.5 Å². The van der Waals surface area contributed by atoms with Crippen LogP contribution in [0, 0.1) is 0 Å². The molecule has 0 saturated heterocycles. The van der Waals surface area contributed by atoms with Crippen molar-refractivity contribution in [2.75, 3.05) is 13.6 Å². The van der Waals surface area contributed by atoms with Gasteiger partial charge in [0.1, 0.15) is 0 Å². The largest absolute Gasteiger partial charge is 0.270 e. The van der Waals surface area contributed by atoms with Crippen LogP contribution in [0.4, 0.5) is 0 Å². The molecule has 1 heterocycles. The van der Waals surface area contributed by atoms with Crippen LogP contribution in [0.2, 0.25) is 0 Å². The number of hydroxylamine groups is 4. The van der Waals surface area contributed by atoms with E-state index in [0.29, 0.717) is 6.54 Å². The van der Waals surface area contributed by atoms with E-state index in [2.05, 4.69) is 79.7 Å². The zero-order chi connectivity index (χ0) is 17.7. The summed E-state index contributed by atoms with van der Waals surface area (Å²) in [5.74, 6) is 1.75. The number of quaternary nitrogens is 1. The summed E-state index contributed by atoms with van der Waals surface area (Å²) < 4.78 is 0. The van der Waals surface area contributed by atoms with Crippen molar-refractivity contribution in [2.24, 2.45) is 0 Å². The summed E-state index contributed by atoms with van der Waals surface area (Å²) in [6, 6.07) is 25.2. The van der Waals surface area contributed by atoms with Gasteiger partial charge in [-0.25, -0.2) is 0 Å². The van der Waals surface area contributed by atoms with Gasteiger partial charge in [-0.3, -0.25) is 9.68 Å². The van der Waals surface area contributed by atoms with Crippen LogP contribution in [0.25, 0.3) is 32.7 Å². The molecule has 0 atom stereocenters. The van der Waals surface area contributed by atoms with Gasteiger partial charge in [-0.2, -0.15) is 0 Å². The van der Waals surface area contributed by atoms with Gasteiger partial charge in [0.05, 0.1) is 0 Å². The molecule has 3 heteroatoms. The van der Waals surface area contributed by atoms with Crippen LogP contribution in [0.15, 0.2) is 72.8 Å². The van der Waals surface area contributed by atoms with Crippen molar-refractivity contribution < 1.29 is 14.5 Å². The van der Waals surface area contributed by atoms with Crippen molar-refractivity contribution in [3.63, 3.8) is 0 Å². The third kappa shape index (κ3) is 2.18. The van der Waals surface area contributed by atoms with Crippen molar-refractivity contribution in [2.45, 2.75) is 6.92 Å². The molecule has 1 aliphatic heterocycles. The van der Waals surface area contributed by atoms with Gasteiger partial charge in [0, 0.05) is 26.7 Å². The minimum atomic E-state index is 0.0437. The molecule has 0 bridgehead atoms. The number of nitrogens with zero attached hydrogens (tertiary/aromatic N) is 1. The number of hydrogen-bond donors (Lipinski definition) is 0. The SMILES string of the molecule is CC[N+]1(C)Oc2c(ccc3ccccc23)-c2ccc3ccccc3c2O1. The van der Waals surface area contributed by atoms with Crippen LogP contribution in [-0.2, 0) is 0 Å². The molecule has 4 aromatic carbocycles. The molecule has 3 nitrogen and oxygen atoms in total. The Morgan fingerprint density at radius 3 is 1.58 bits per heavy atom. The highest BCUT2D eigenvalue weighted by atomic mass is 17.0. The fourth-order valence-electron chi connectivity index (χ4n) is 3.64. The Bertz CT molecular complexity index is 1060. The predicted octanol–water partition coefficient (Wildman–Crippen LogP) is 5.73. The first-order valence-corrected chi connectivity index (χ1v) is 8.97. The normalized spacial score (nSPS) is 14.8. The Morgan fingerprint density at radius 1 is 0.654 bits per heavy atom. The van der Waals surface area contributed by atoms with Crippen molar-refractivity contribution in [3.8, 4) is 22.6 Å². The van der Waals surface area contributed by atoms with E-state index in [1.165, 1.54) is 0 Å². The van der Waals surface area contributed by atoms with E-state index in [0.717, 1.165) is 44.2 Å². The van der Waals surface area contributed by atoms with Crippen molar-refractivity contribution >= 4 is 21.5 Å². The molecule has 0 fully saturated rings. The summed E-state index contributed by atoms with van der Waals surface area (Å²) in [5.41, 5.74) is 2.14. The molecule has 5 rings (SSSR count). The summed E-state index contributed by atoms with van der Waals surface area (Å²) >= 11 is 0. The highest BCUT2D eigenvalue weighted by Crippen LogP contribution is 2.47. The standard InChI is InChI=1S/C23H20NO2/c1-3-24(2)25-22-18-10-6-4-8-16(18)12-14-20(22)21-15-13-17-9-5-7-11-19(17)23(21)26-24/h4-15H,3H2,1-2H3/q+1. The summed E-state index contributed by atoms with van der Waals surface area (Å²) in [5, 5.41) is 4.54. The quantitative estimate of drug-likeness (QED) is 0.411. The average molecular weight is 342 g/mol. The Labute approximate surface area is 152 Å². The van der Waals surface area contributed by atoms with E-state index < -0.39 is 0 Å². The molecule has 0 amide bonds. The maximum absolute atomic E-state index is 6.45. The highest BCUT2D eigenvalue weighted by molar-refractivity contribution is 6.00. The lowest BCUT2D eigenvalue weighted by molar-refractivity contribution is -1.19. The number of fused-ring (bicyclic) bond motifs is 7. The van der Waals surface area contributed by atoms with Gasteiger partial charge in [0.25, 0.3) is 0 Å². The van der Waals surface area contributed by atoms with Gasteiger partial charge >= 0.3 is 0 Å². The van der Waals surface area contributed by atoms with Gasteiger partial charge in [-0.1, -0.05) is 60.7 Å². The van der Waals surface area contributed by atoms with E-state index in [4.69, 9.17) is 9.68 Å². The maximum Gasteiger partial charge on any atom is 0.211 e. The molecule has 0 spiro atoms. The highest BCUT2D eigenvalue weighted by Gasteiger charge is 2.35. The Hall–Kier alpha value is -3.04. The van der Waals surface area contributed by atoms with E-state index in [1.807, 2.05) is 7.05 Å². The van der Waals surface area contributed by atoms with Crippen molar-refractivity contribution in [1.29, 1.82) is 0 Å². The smallest absolute Gasteiger partial charge is 0.211 e. The van der Waals surface area contributed by atoms with Crippen LogP contribution in [-0.4, -0.2) is 18.4 Å². The van der Waals surface area contributed by atoms with Gasteiger partial charge < -0.3 is 0 Å². The zero-order valence-electron chi connectivity index (χ0n) is 14.9. The molecule has 128 valence electrons. The minimum absolute atomic E-state index is 0.0437. The van der Waals surface area contributed by atoms with Gasteiger partial charge in [-0.15, -0.1) is 0 Å². The molecule has 0 N–H and O–H groups in total. The van der Waals surface area contributed by atoms with Gasteiger partial charge in [0.15, 0.2) is 13.6 Å². The van der Waals surface area contributed by atoms with Crippen LogP contribution >= 0.6 is 0 Å². The Kier molecular flexibility index (Phi) is 3.21. The molecule has 1 aliphatic rings. The predicted molar refractivity (Wildman–Crippen MR) is 105 cm³/mol. The molecule has 0 radical (unpaired) electrons. The second-order valence-corrected chi connectivity index (χ2v) is 6.84. The lowest BCUT2D eigenvalue weighted by atomic mass is 9.96. The van der Waals surface area contributed by atoms with E-state index in [9.17, 15) is 0 Å². The van der Waals surface area contributed by atoms with Gasteiger partial charge in [-0.05, 0) is 29.8 Å². The Morgan fingerprint density at radius 2 is 1.12 bits per heavy atom. The molecule has 0 unspecified atom stereocenters. The second-order valence-electron chi connectivity index (χ2n) is 6.84. The van der Waals surface area contributed by atoms with Crippen LogP contribution in [0.3, 0.4) is 0 Å².